The van der Waals surface area contributed by atoms with Crippen molar-refractivity contribution in [2.45, 2.75) is 18.9 Å². The van der Waals surface area contributed by atoms with Crippen molar-refractivity contribution >= 4 is 22.8 Å². The summed E-state index contributed by atoms with van der Waals surface area (Å²) in [5, 5.41) is 8.67. The van der Waals surface area contributed by atoms with Gasteiger partial charge < -0.3 is 14.6 Å². The summed E-state index contributed by atoms with van der Waals surface area (Å²) in [6, 6.07) is 3.70. The molecule has 8 heteroatoms. The van der Waals surface area contributed by atoms with Crippen LogP contribution in [0.25, 0.3) is 11.0 Å². The third-order valence-electron chi connectivity index (χ3n) is 4.29. The van der Waals surface area contributed by atoms with Crippen LogP contribution in [-0.4, -0.2) is 49.7 Å². The van der Waals surface area contributed by atoms with Crippen molar-refractivity contribution in [1.29, 1.82) is 0 Å². The molecule has 0 atom stereocenters. The molecule has 8 nitrogen and oxygen atoms in total. The first-order valence-electron chi connectivity index (χ1n) is 7.94. The summed E-state index contributed by atoms with van der Waals surface area (Å²) < 4.78 is 6.92. The first-order chi connectivity index (χ1) is 11.7. The van der Waals surface area contributed by atoms with Crippen molar-refractivity contribution < 1.29 is 9.21 Å². The first-order valence-corrected chi connectivity index (χ1v) is 7.94. The van der Waals surface area contributed by atoms with Gasteiger partial charge in [0.25, 0.3) is 5.91 Å². The summed E-state index contributed by atoms with van der Waals surface area (Å²) in [6.45, 7) is 1.39. The smallest absolute Gasteiger partial charge is 0.289 e. The second kappa shape index (κ2) is 5.95. The summed E-state index contributed by atoms with van der Waals surface area (Å²) >= 11 is 0. The summed E-state index contributed by atoms with van der Waals surface area (Å²) in [5.74, 6) is 1.15. The highest BCUT2D eigenvalue weighted by molar-refractivity contribution is 5.91. The molecule has 1 N–H and O–H groups in total. The molecule has 3 aromatic rings. The van der Waals surface area contributed by atoms with Crippen LogP contribution in [0.1, 0.15) is 23.4 Å². The normalized spacial score (nSPS) is 15.8. The molecule has 1 aliphatic rings. The molecule has 1 fully saturated rings. The Morgan fingerprint density at radius 1 is 1.33 bits per heavy atom. The molecule has 0 aliphatic carbocycles. The predicted octanol–water partition coefficient (Wildman–Crippen LogP) is 1.67. The molecule has 3 aromatic heterocycles. The van der Waals surface area contributed by atoms with Crippen molar-refractivity contribution in [2.75, 3.05) is 18.4 Å². The zero-order valence-electron chi connectivity index (χ0n) is 13.3. The fourth-order valence-electron chi connectivity index (χ4n) is 3.04. The van der Waals surface area contributed by atoms with Gasteiger partial charge >= 0.3 is 0 Å². The van der Waals surface area contributed by atoms with E-state index in [9.17, 15) is 4.79 Å². The van der Waals surface area contributed by atoms with Crippen molar-refractivity contribution in [3.05, 3.63) is 36.7 Å². The molecule has 1 saturated heterocycles. The van der Waals surface area contributed by atoms with E-state index < -0.39 is 0 Å². The number of likely N-dealkylation sites (tertiary alicyclic amines) is 1. The third-order valence-corrected chi connectivity index (χ3v) is 4.29. The Bertz CT molecular complexity index is 849. The summed E-state index contributed by atoms with van der Waals surface area (Å²) in [7, 11) is 1.87. The SMILES string of the molecule is Cn1cc2c(NC3CCN(C(=O)c4ccco4)CC3)ncnc2n1. The van der Waals surface area contributed by atoms with Gasteiger partial charge in [0.05, 0.1) is 11.6 Å². The molecule has 124 valence electrons. The minimum atomic E-state index is -0.0462. The average Bonchev–Trinajstić information content (AvgIpc) is 3.24. The minimum absolute atomic E-state index is 0.0462. The van der Waals surface area contributed by atoms with Gasteiger partial charge in [-0.15, -0.1) is 0 Å². The van der Waals surface area contributed by atoms with Crippen LogP contribution in [0.5, 0.6) is 0 Å². The number of piperidine rings is 1. The van der Waals surface area contributed by atoms with Crippen molar-refractivity contribution in [2.24, 2.45) is 7.05 Å². The number of carbonyl (C=O) groups is 1. The summed E-state index contributed by atoms with van der Waals surface area (Å²) in [4.78, 5) is 22.6. The minimum Gasteiger partial charge on any atom is -0.459 e. The molecule has 0 aromatic carbocycles. The van der Waals surface area contributed by atoms with E-state index in [-0.39, 0.29) is 11.9 Å². The predicted molar refractivity (Wildman–Crippen MR) is 87.6 cm³/mol. The summed E-state index contributed by atoms with van der Waals surface area (Å²) in [6.07, 6.45) is 6.67. The largest absolute Gasteiger partial charge is 0.459 e. The molecule has 4 rings (SSSR count). The molecule has 0 spiro atoms. The lowest BCUT2D eigenvalue weighted by atomic mass is 10.0. The Kier molecular flexibility index (Phi) is 3.64. The lowest BCUT2D eigenvalue weighted by Gasteiger charge is -2.32. The maximum absolute atomic E-state index is 12.3. The van der Waals surface area contributed by atoms with Crippen LogP contribution >= 0.6 is 0 Å². The van der Waals surface area contributed by atoms with Crippen molar-refractivity contribution in [1.82, 2.24) is 24.6 Å². The Labute approximate surface area is 138 Å². The van der Waals surface area contributed by atoms with E-state index in [2.05, 4.69) is 20.4 Å². The van der Waals surface area contributed by atoms with Crippen LogP contribution in [0.2, 0.25) is 0 Å². The van der Waals surface area contributed by atoms with Crippen LogP contribution in [-0.2, 0) is 7.05 Å². The van der Waals surface area contributed by atoms with E-state index in [0.29, 0.717) is 24.5 Å². The van der Waals surface area contributed by atoms with E-state index in [4.69, 9.17) is 4.42 Å². The van der Waals surface area contributed by atoms with Gasteiger partial charge in [0.1, 0.15) is 12.1 Å². The Hall–Kier alpha value is -2.90. The number of anilines is 1. The Balaban J connectivity index is 1.42. The Morgan fingerprint density at radius 2 is 2.17 bits per heavy atom. The van der Waals surface area contributed by atoms with Crippen LogP contribution in [0.15, 0.2) is 35.3 Å². The highest BCUT2D eigenvalue weighted by Gasteiger charge is 2.25. The number of nitrogens with zero attached hydrogens (tertiary/aromatic N) is 5. The summed E-state index contributed by atoms with van der Waals surface area (Å²) in [5.41, 5.74) is 0.681. The number of furan rings is 1. The quantitative estimate of drug-likeness (QED) is 0.787. The van der Waals surface area contributed by atoms with Gasteiger partial charge in [0.2, 0.25) is 0 Å². The van der Waals surface area contributed by atoms with Gasteiger partial charge in [0, 0.05) is 32.4 Å². The van der Waals surface area contributed by atoms with Crippen LogP contribution in [0, 0.1) is 0 Å². The second-order valence-corrected chi connectivity index (χ2v) is 5.95. The monoisotopic (exact) mass is 326 g/mol. The maximum atomic E-state index is 12.3. The lowest BCUT2D eigenvalue weighted by molar-refractivity contribution is 0.0686. The van der Waals surface area contributed by atoms with Gasteiger partial charge in [-0.05, 0) is 25.0 Å². The number of amides is 1. The van der Waals surface area contributed by atoms with Gasteiger partial charge in [0.15, 0.2) is 11.4 Å². The van der Waals surface area contributed by atoms with E-state index in [1.807, 2.05) is 18.1 Å². The van der Waals surface area contributed by atoms with Crippen molar-refractivity contribution in [3.63, 3.8) is 0 Å². The molecule has 0 bridgehead atoms. The van der Waals surface area contributed by atoms with E-state index in [1.54, 1.807) is 16.8 Å². The number of hydrogen-bond donors (Lipinski definition) is 1. The van der Waals surface area contributed by atoms with E-state index >= 15 is 0 Å². The van der Waals surface area contributed by atoms with E-state index in [1.165, 1.54) is 12.6 Å². The third kappa shape index (κ3) is 2.70. The molecule has 0 saturated carbocycles. The topological polar surface area (TPSA) is 89.1 Å². The number of rotatable bonds is 3. The number of aryl methyl sites for hydroxylation is 1. The van der Waals surface area contributed by atoms with E-state index in [0.717, 1.165) is 24.0 Å². The molecule has 1 aliphatic heterocycles. The van der Waals surface area contributed by atoms with Gasteiger partial charge in [-0.2, -0.15) is 5.10 Å². The van der Waals surface area contributed by atoms with Gasteiger partial charge in [-0.1, -0.05) is 0 Å². The standard InChI is InChI=1S/C16H18N6O2/c1-21-9-12-14(17-10-18-15(12)20-21)19-11-4-6-22(7-5-11)16(23)13-3-2-8-24-13/h2-3,8-11H,4-7H2,1H3,(H,17,18,19,20). The highest BCUT2D eigenvalue weighted by Crippen LogP contribution is 2.22. The fraction of sp³-hybridized carbons (Fsp3) is 0.375. The van der Waals surface area contributed by atoms with Gasteiger partial charge in [-0.25, -0.2) is 9.97 Å². The average molecular weight is 326 g/mol. The number of aromatic nitrogens is 4. The highest BCUT2D eigenvalue weighted by atomic mass is 16.3. The number of fused-ring (bicyclic) bond motifs is 1. The number of carbonyl (C=O) groups excluding carboxylic acids is 1. The molecule has 0 radical (unpaired) electrons. The molecular formula is C16H18N6O2. The molecule has 24 heavy (non-hydrogen) atoms. The van der Waals surface area contributed by atoms with Crippen LogP contribution in [0.3, 0.4) is 0 Å². The first kappa shape index (κ1) is 14.7. The molecule has 4 heterocycles. The fourth-order valence-corrected chi connectivity index (χ4v) is 3.04. The lowest BCUT2D eigenvalue weighted by Crippen LogP contribution is -2.42. The molecule has 1 amide bonds. The molecule has 0 unspecified atom stereocenters. The zero-order valence-corrected chi connectivity index (χ0v) is 13.3. The number of nitrogens with one attached hydrogen (secondary N) is 1. The molecular weight excluding hydrogens is 308 g/mol. The van der Waals surface area contributed by atoms with Crippen molar-refractivity contribution in [3.8, 4) is 0 Å². The van der Waals surface area contributed by atoms with Crippen LogP contribution in [0.4, 0.5) is 5.82 Å². The maximum Gasteiger partial charge on any atom is 0.289 e. The zero-order chi connectivity index (χ0) is 16.5. The Morgan fingerprint density at radius 3 is 2.92 bits per heavy atom. The van der Waals surface area contributed by atoms with Gasteiger partial charge in [-0.3, -0.25) is 9.48 Å². The van der Waals surface area contributed by atoms with Crippen LogP contribution < -0.4 is 5.32 Å². The number of hydrogen-bond acceptors (Lipinski definition) is 6. The second-order valence-electron chi connectivity index (χ2n) is 5.95.